The van der Waals surface area contributed by atoms with Gasteiger partial charge in [-0.3, -0.25) is 24.1 Å². The Kier molecular flexibility index (Phi) is 7.64. The molecule has 1 aromatic heterocycles. The van der Waals surface area contributed by atoms with E-state index in [9.17, 15) is 19.2 Å². The van der Waals surface area contributed by atoms with Gasteiger partial charge in [0.1, 0.15) is 13.1 Å². The van der Waals surface area contributed by atoms with Gasteiger partial charge in [-0.1, -0.05) is 35.9 Å². The number of ether oxygens (including phenoxy) is 2. The summed E-state index contributed by atoms with van der Waals surface area (Å²) in [6.07, 6.45) is 1.67. The molecule has 2 N–H and O–H groups in total. The monoisotopic (exact) mass is 610 g/mol. The number of rotatable bonds is 7. The van der Waals surface area contributed by atoms with Crippen molar-refractivity contribution in [2.45, 2.75) is 34.2 Å². The van der Waals surface area contributed by atoms with Gasteiger partial charge in [-0.25, -0.2) is 0 Å². The number of anilines is 2. The number of para-hydroxylation sites is 1. The quantitative estimate of drug-likeness (QED) is 0.250. The average molecular weight is 611 g/mol. The Morgan fingerprint density at radius 3 is 2.36 bits per heavy atom. The highest BCUT2D eigenvalue weighted by molar-refractivity contribution is 8.18. The van der Waals surface area contributed by atoms with Crippen LogP contribution in [0.4, 0.5) is 16.2 Å². The summed E-state index contributed by atoms with van der Waals surface area (Å²) in [4.78, 5) is 53.4. The van der Waals surface area contributed by atoms with E-state index in [0.29, 0.717) is 22.9 Å². The number of thioether (sulfide) groups is 1. The van der Waals surface area contributed by atoms with Gasteiger partial charge in [-0.05, 0) is 74.9 Å². The molecular weight excluding hydrogens is 580 g/mol. The van der Waals surface area contributed by atoms with Crippen molar-refractivity contribution < 1.29 is 28.7 Å². The van der Waals surface area contributed by atoms with Gasteiger partial charge in [-0.15, -0.1) is 0 Å². The highest BCUT2D eigenvalue weighted by atomic mass is 32.2. The Morgan fingerprint density at radius 2 is 1.59 bits per heavy atom. The molecule has 224 valence electrons. The van der Waals surface area contributed by atoms with Crippen LogP contribution < -0.4 is 20.1 Å². The Morgan fingerprint density at radius 1 is 0.886 bits per heavy atom. The number of amides is 4. The minimum absolute atomic E-state index is 0.0219. The Labute approximate surface area is 258 Å². The largest absolute Gasteiger partial charge is 0.454 e. The molecule has 0 aliphatic carbocycles. The fourth-order valence-corrected chi connectivity index (χ4v) is 6.45. The van der Waals surface area contributed by atoms with Gasteiger partial charge in [0.05, 0.1) is 4.91 Å². The molecule has 3 aromatic carbocycles. The normalized spacial score (nSPS) is 15.0. The number of benzene rings is 3. The van der Waals surface area contributed by atoms with Gasteiger partial charge in [-0.2, -0.15) is 0 Å². The van der Waals surface area contributed by atoms with Crippen LogP contribution in [0.5, 0.6) is 11.5 Å². The molecular formula is C33H30N4O6S. The van der Waals surface area contributed by atoms with Gasteiger partial charge >= 0.3 is 0 Å². The van der Waals surface area contributed by atoms with Crippen molar-refractivity contribution in [3.05, 3.63) is 87.5 Å². The lowest BCUT2D eigenvalue weighted by molar-refractivity contribution is -0.127. The summed E-state index contributed by atoms with van der Waals surface area (Å²) in [7, 11) is 0. The fourth-order valence-electron chi connectivity index (χ4n) is 5.63. The van der Waals surface area contributed by atoms with Crippen molar-refractivity contribution in [2.75, 3.05) is 24.0 Å². The van der Waals surface area contributed by atoms with Crippen LogP contribution in [0.3, 0.4) is 0 Å². The molecule has 2 aliphatic rings. The molecule has 0 radical (unpaired) electrons. The Balaban J connectivity index is 1.21. The maximum Gasteiger partial charge on any atom is 0.294 e. The first kappa shape index (κ1) is 29.1. The van der Waals surface area contributed by atoms with Crippen molar-refractivity contribution in [2.24, 2.45) is 0 Å². The van der Waals surface area contributed by atoms with E-state index in [0.717, 1.165) is 55.5 Å². The van der Waals surface area contributed by atoms with Crippen molar-refractivity contribution in [1.82, 2.24) is 9.47 Å². The Bertz CT molecular complexity index is 1890. The summed E-state index contributed by atoms with van der Waals surface area (Å²) < 4.78 is 12.6. The molecule has 3 heterocycles. The van der Waals surface area contributed by atoms with Crippen LogP contribution in [0.1, 0.15) is 27.9 Å². The van der Waals surface area contributed by atoms with E-state index in [-0.39, 0.29) is 24.2 Å². The van der Waals surface area contributed by atoms with Crippen LogP contribution in [0.25, 0.3) is 17.0 Å². The van der Waals surface area contributed by atoms with Crippen LogP contribution >= 0.6 is 11.8 Å². The highest BCUT2D eigenvalue weighted by Crippen LogP contribution is 2.36. The number of aromatic nitrogens is 1. The van der Waals surface area contributed by atoms with Crippen molar-refractivity contribution in [3.63, 3.8) is 0 Å². The number of fused-ring (bicyclic) bond motifs is 2. The maximum atomic E-state index is 13.3. The van der Waals surface area contributed by atoms with Crippen LogP contribution in [-0.4, -0.2) is 45.8 Å². The second-order valence-electron chi connectivity index (χ2n) is 10.8. The van der Waals surface area contributed by atoms with Gasteiger partial charge in [0.25, 0.3) is 11.1 Å². The molecule has 4 amide bonds. The standard InChI is InChI=1S/C33H30N4O6S/c1-18-11-19(2)31(20(3)12-18)35-30(39)16-37-32(40)28(44-33(37)41)14-24-21(4)36(25-8-6-5-7-23(24)25)15-29(38)34-22-9-10-26-27(13-22)43-17-42-26/h5-14H,15-17H2,1-4H3,(H,34,38)(H,35,39)/b28-14-. The summed E-state index contributed by atoms with van der Waals surface area (Å²) >= 11 is 0.793. The van der Waals surface area contributed by atoms with Crippen LogP contribution in [0.15, 0.2) is 59.5 Å². The second kappa shape index (κ2) is 11.6. The zero-order valence-corrected chi connectivity index (χ0v) is 25.5. The molecule has 44 heavy (non-hydrogen) atoms. The predicted octanol–water partition coefficient (Wildman–Crippen LogP) is 5.92. The molecule has 0 bridgehead atoms. The third-order valence-corrected chi connectivity index (χ3v) is 8.54. The lowest BCUT2D eigenvalue weighted by Gasteiger charge is -2.15. The third-order valence-electron chi connectivity index (χ3n) is 7.63. The molecule has 6 rings (SSSR count). The summed E-state index contributed by atoms with van der Waals surface area (Å²) in [5.41, 5.74) is 6.42. The van der Waals surface area contributed by atoms with Crippen LogP contribution in [0.2, 0.25) is 0 Å². The molecule has 0 unspecified atom stereocenters. The number of nitrogens with one attached hydrogen (secondary N) is 2. The maximum absolute atomic E-state index is 13.3. The number of hydrogen-bond donors (Lipinski definition) is 2. The number of carbonyl (C=O) groups is 4. The third kappa shape index (κ3) is 5.53. The SMILES string of the molecule is Cc1cc(C)c(NC(=O)CN2C(=O)S/C(=C\c3c(C)n(CC(=O)Nc4ccc5c(c4)OCO5)c4ccccc34)C2=O)c(C)c1. The fraction of sp³-hybridized carbons (Fsp3) is 0.212. The number of carbonyl (C=O) groups excluding carboxylic acids is 4. The molecule has 2 aliphatic heterocycles. The number of nitrogens with zero attached hydrogens (tertiary/aromatic N) is 2. The first-order chi connectivity index (χ1) is 21.1. The van der Waals surface area contributed by atoms with E-state index in [2.05, 4.69) is 10.6 Å². The number of aryl methyl sites for hydroxylation is 3. The van der Waals surface area contributed by atoms with Gasteiger partial charge in [0.2, 0.25) is 18.6 Å². The number of imide groups is 1. The van der Waals surface area contributed by atoms with E-state index in [4.69, 9.17) is 9.47 Å². The molecule has 1 saturated heterocycles. The highest BCUT2D eigenvalue weighted by Gasteiger charge is 2.37. The smallest absolute Gasteiger partial charge is 0.294 e. The first-order valence-corrected chi connectivity index (χ1v) is 14.8. The second-order valence-corrected chi connectivity index (χ2v) is 11.8. The molecule has 4 aromatic rings. The molecule has 0 atom stereocenters. The van der Waals surface area contributed by atoms with Gasteiger partial charge in [0, 0.05) is 39.6 Å². The van der Waals surface area contributed by atoms with Crippen molar-refractivity contribution >= 4 is 63.1 Å². The lowest BCUT2D eigenvalue weighted by atomic mass is 10.1. The van der Waals surface area contributed by atoms with Gasteiger partial charge < -0.3 is 24.7 Å². The molecule has 10 nitrogen and oxygen atoms in total. The van der Waals surface area contributed by atoms with Gasteiger partial charge in [0.15, 0.2) is 11.5 Å². The topological polar surface area (TPSA) is 119 Å². The van der Waals surface area contributed by atoms with E-state index < -0.39 is 23.6 Å². The van der Waals surface area contributed by atoms with Crippen LogP contribution in [-0.2, 0) is 20.9 Å². The molecule has 0 spiro atoms. The summed E-state index contributed by atoms with van der Waals surface area (Å²) in [6.45, 7) is 7.42. The number of hydrogen-bond acceptors (Lipinski definition) is 7. The molecule has 11 heteroatoms. The van der Waals surface area contributed by atoms with Crippen molar-refractivity contribution in [3.8, 4) is 11.5 Å². The molecule has 1 fully saturated rings. The predicted molar refractivity (Wildman–Crippen MR) is 170 cm³/mol. The summed E-state index contributed by atoms with van der Waals surface area (Å²) in [6, 6.07) is 16.7. The van der Waals surface area contributed by atoms with Crippen LogP contribution in [0, 0.1) is 27.7 Å². The average Bonchev–Trinajstić information content (AvgIpc) is 3.62. The van der Waals surface area contributed by atoms with E-state index in [1.54, 1.807) is 24.3 Å². The zero-order valence-electron chi connectivity index (χ0n) is 24.6. The van der Waals surface area contributed by atoms with E-state index >= 15 is 0 Å². The minimum Gasteiger partial charge on any atom is -0.454 e. The van der Waals surface area contributed by atoms with Crippen molar-refractivity contribution in [1.29, 1.82) is 0 Å². The van der Waals surface area contributed by atoms with E-state index in [1.165, 1.54) is 0 Å². The van der Waals surface area contributed by atoms with E-state index in [1.807, 2.05) is 68.7 Å². The lowest BCUT2D eigenvalue weighted by Crippen LogP contribution is -2.36. The molecule has 0 saturated carbocycles. The zero-order chi connectivity index (χ0) is 31.1. The minimum atomic E-state index is -0.538. The summed E-state index contributed by atoms with van der Waals surface area (Å²) in [5, 5.41) is 6.07. The Hall–Kier alpha value is -5.03. The first-order valence-electron chi connectivity index (χ1n) is 14.0. The summed E-state index contributed by atoms with van der Waals surface area (Å²) in [5.74, 6) is -0.0420.